The molecule has 0 bridgehead atoms. The molecule has 0 saturated heterocycles. The van der Waals surface area contributed by atoms with Gasteiger partial charge in [-0.1, -0.05) is 83.4 Å². The summed E-state index contributed by atoms with van der Waals surface area (Å²) in [6.07, 6.45) is 8.35. The molecule has 2 heterocycles. The Hall–Kier alpha value is -3.84. The molecule has 0 aliphatic heterocycles. The molecular formula is C32H30BrN5O. The van der Waals surface area contributed by atoms with Gasteiger partial charge in [-0.05, 0) is 53.4 Å². The summed E-state index contributed by atoms with van der Waals surface area (Å²) in [6, 6.07) is 26.7. The molecule has 1 fully saturated rings. The second-order valence-electron chi connectivity index (χ2n) is 10.1. The lowest BCUT2D eigenvalue weighted by atomic mass is 10.0. The van der Waals surface area contributed by atoms with Crippen molar-refractivity contribution in [3.05, 3.63) is 101 Å². The van der Waals surface area contributed by atoms with Crippen molar-refractivity contribution in [1.82, 2.24) is 24.6 Å². The van der Waals surface area contributed by atoms with Gasteiger partial charge >= 0.3 is 0 Å². The SMILES string of the molecule is O=C(Cc1cccc2ccccc12)N(CCn1nc(-c2ccncc2)nc1-c1cccc(Br)c1)C1CCCC1. The zero-order valence-electron chi connectivity index (χ0n) is 21.7. The van der Waals surface area contributed by atoms with E-state index >= 15 is 0 Å². The van der Waals surface area contributed by atoms with Crippen molar-refractivity contribution in [3.63, 3.8) is 0 Å². The van der Waals surface area contributed by atoms with Gasteiger partial charge in [-0.3, -0.25) is 9.78 Å². The summed E-state index contributed by atoms with van der Waals surface area (Å²) in [5.41, 5.74) is 2.98. The van der Waals surface area contributed by atoms with Gasteiger partial charge < -0.3 is 4.90 Å². The summed E-state index contributed by atoms with van der Waals surface area (Å²) in [5, 5.41) is 7.21. The minimum atomic E-state index is 0.178. The average molecular weight is 581 g/mol. The number of pyridine rings is 1. The van der Waals surface area contributed by atoms with Gasteiger partial charge in [-0.2, -0.15) is 5.10 Å². The van der Waals surface area contributed by atoms with Crippen LogP contribution >= 0.6 is 15.9 Å². The molecule has 0 unspecified atom stereocenters. The molecule has 1 aliphatic carbocycles. The Morgan fingerprint density at radius 1 is 0.923 bits per heavy atom. The van der Waals surface area contributed by atoms with Gasteiger partial charge in [0.15, 0.2) is 11.6 Å². The fraction of sp³-hybridized carbons (Fsp3) is 0.250. The van der Waals surface area contributed by atoms with Crippen LogP contribution in [0.2, 0.25) is 0 Å². The van der Waals surface area contributed by atoms with Crippen molar-refractivity contribution >= 4 is 32.6 Å². The number of rotatable bonds is 8. The molecule has 1 aliphatic rings. The van der Waals surface area contributed by atoms with Gasteiger partial charge in [0, 0.05) is 40.6 Å². The van der Waals surface area contributed by atoms with Crippen LogP contribution in [0.15, 0.2) is 95.7 Å². The summed E-state index contributed by atoms with van der Waals surface area (Å²) in [4.78, 5) is 25.0. The van der Waals surface area contributed by atoms with Crippen LogP contribution in [0.3, 0.4) is 0 Å². The molecule has 0 radical (unpaired) electrons. The van der Waals surface area contributed by atoms with Crippen LogP contribution in [-0.4, -0.2) is 43.1 Å². The molecule has 196 valence electrons. The second-order valence-corrected chi connectivity index (χ2v) is 11.0. The zero-order valence-corrected chi connectivity index (χ0v) is 23.3. The van der Waals surface area contributed by atoms with Crippen molar-refractivity contribution in [3.8, 4) is 22.8 Å². The maximum Gasteiger partial charge on any atom is 0.227 e. The highest BCUT2D eigenvalue weighted by Crippen LogP contribution is 2.28. The monoisotopic (exact) mass is 579 g/mol. The number of hydrogen-bond acceptors (Lipinski definition) is 4. The van der Waals surface area contributed by atoms with Crippen LogP contribution < -0.4 is 0 Å². The number of fused-ring (bicyclic) bond motifs is 1. The average Bonchev–Trinajstić information content (AvgIpc) is 3.65. The molecule has 1 saturated carbocycles. The smallest absolute Gasteiger partial charge is 0.227 e. The van der Waals surface area contributed by atoms with Gasteiger partial charge in [0.1, 0.15) is 0 Å². The predicted molar refractivity (Wildman–Crippen MR) is 158 cm³/mol. The van der Waals surface area contributed by atoms with E-state index in [4.69, 9.17) is 10.1 Å². The van der Waals surface area contributed by atoms with Crippen LogP contribution in [-0.2, 0) is 17.8 Å². The van der Waals surface area contributed by atoms with Crippen LogP contribution in [0.5, 0.6) is 0 Å². The van der Waals surface area contributed by atoms with Gasteiger partial charge in [0.2, 0.25) is 5.91 Å². The highest BCUT2D eigenvalue weighted by atomic mass is 79.9. The van der Waals surface area contributed by atoms with Gasteiger partial charge in [-0.25, -0.2) is 9.67 Å². The summed E-state index contributed by atoms with van der Waals surface area (Å²) < 4.78 is 2.93. The van der Waals surface area contributed by atoms with E-state index < -0.39 is 0 Å². The number of benzene rings is 3. The number of hydrogen-bond donors (Lipinski definition) is 0. The Balaban J connectivity index is 1.29. The molecule has 6 rings (SSSR count). The zero-order chi connectivity index (χ0) is 26.6. The Morgan fingerprint density at radius 2 is 1.69 bits per heavy atom. The number of aromatic nitrogens is 4. The maximum atomic E-state index is 13.9. The fourth-order valence-corrected chi connectivity index (χ4v) is 6.00. The second kappa shape index (κ2) is 11.5. The van der Waals surface area contributed by atoms with Crippen molar-refractivity contribution in [2.24, 2.45) is 0 Å². The van der Waals surface area contributed by atoms with E-state index in [0.717, 1.165) is 45.2 Å². The highest BCUT2D eigenvalue weighted by Gasteiger charge is 2.27. The van der Waals surface area contributed by atoms with E-state index in [1.165, 1.54) is 18.2 Å². The van der Waals surface area contributed by atoms with E-state index in [2.05, 4.69) is 56.1 Å². The molecule has 3 aromatic carbocycles. The van der Waals surface area contributed by atoms with Crippen molar-refractivity contribution in [1.29, 1.82) is 0 Å². The molecule has 0 atom stereocenters. The Morgan fingerprint density at radius 3 is 2.51 bits per heavy atom. The fourth-order valence-electron chi connectivity index (χ4n) is 5.60. The minimum Gasteiger partial charge on any atom is -0.338 e. The maximum absolute atomic E-state index is 13.9. The lowest BCUT2D eigenvalue weighted by Gasteiger charge is -2.29. The Labute approximate surface area is 236 Å². The normalized spacial score (nSPS) is 13.7. The lowest BCUT2D eigenvalue weighted by molar-refractivity contribution is -0.132. The van der Waals surface area contributed by atoms with Crippen LogP contribution in [0.1, 0.15) is 31.2 Å². The Bertz CT molecular complexity index is 1590. The molecule has 7 heteroatoms. The molecule has 1 amide bonds. The van der Waals surface area contributed by atoms with E-state index in [9.17, 15) is 4.79 Å². The summed E-state index contributed by atoms with van der Waals surface area (Å²) in [5.74, 6) is 1.62. The summed E-state index contributed by atoms with van der Waals surface area (Å²) in [6.45, 7) is 1.16. The topological polar surface area (TPSA) is 63.9 Å². The number of nitrogens with zero attached hydrogens (tertiary/aromatic N) is 5. The standard InChI is InChI=1S/C32H30BrN5O/c33-27-11-6-10-26(21-27)32-35-31(24-15-17-34-18-16-24)36-38(32)20-19-37(28-12-2-3-13-28)30(39)22-25-9-5-8-23-7-1-4-14-29(23)25/h1,4-11,14-18,21,28H,2-3,12-13,19-20,22H2. The first-order chi connectivity index (χ1) is 19.2. The van der Waals surface area contributed by atoms with Crippen LogP contribution in [0.4, 0.5) is 0 Å². The highest BCUT2D eigenvalue weighted by molar-refractivity contribution is 9.10. The van der Waals surface area contributed by atoms with E-state index in [1.807, 2.05) is 53.2 Å². The van der Waals surface area contributed by atoms with E-state index in [0.29, 0.717) is 25.3 Å². The first kappa shape index (κ1) is 25.4. The summed E-state index contributed by atoms with van der Waals surface area (Å²) in [7, 11) is 0. The van der Waals surface area contributed by atoms with Gasteiger partial charge in [0.25, 0.3) is 0 Å². The number of carbonyl (C=O) groups excluding carboxylic acids is 1. The first-order valence-corrected chi connectivity index (χ1v) is 14.3. The largest absolute Gasteiger partial charge is 0.338 e. The molecule has 39 heavy (non-hydrogen) atoms. The third-order valence-electron chi connectivity index (χ3n) is 7.55. The molecule has 5 aromatic rings. The predicted octanol–water partition coefficient (Wildman–Crippen LogP) is 6.94. The van der Waals surface area contributed by atoms with E-state index in [1.54, 1.807) is 12.4 Å². The Kier molecular flexibility index (Phi) is 7.50. The van der Waals surface area contributed by atoms with Gasteiger partial charge in [-0.15, -0.1) is 0 Å². The quantitative estimate of drug-likeness (QED) is 0.200. The number of amides is 1. The van der Waals surface area contributed by atoms with Crippen LogP contribution in [0, 0.1) is 0 Å². The first-order valence-electron chi connectivity index (χ1n) is 13.5. The van der Waals surface area contributed by atoms with E-state index in [-0.39, 0.29) is 11.9 Å². The van der Waals surface area contributed by atoms with Crippen LogP contribution in [0.25, 0.3) is 33.5 Å². The third-order valence-corrected chi connectivity index (χ3v) is 8.05. The third kappa shape index (κ3) is 5.64. The summed E-state index contributed by atoms with van der Waals surface area (Å²) >= 11 is 3.59. The van der Waals surface area contributed by atoms with Gasteiger partial charge in [0.05, 0.1) is 13.0 Å². The van der Waals surface area contributed by atoms with Crippen molar-refractivity contribution in [2.45, 2.75) is 44.7 Å². The van der Waals surface area contributed by atoms with Crippen molar-refractivity contribution in [2.75, 3.05) is 6.54 Å². The molecule has 0 N–H and O–H groups in total. The minimum absolute atomic E-state index is 0.178. The number of halogens is 1. The molecular weight excluding hydrogens is 550 g/mol. The van der Waals surface area contributed by atoms with Crippen molar-refractivity contribution < 1.29 is 4.79 Å². The number of carbonyl (C=O) groups is 1. The molecule has 0 spiro atoms. The lowest BCUT2D eigenvalue weighted by Crippen LogP contribution is -2.42. The molecule has 6 nitrogen and oxygen atoms in total. The molecule has 2 aromatic heterocycles.